The van der Waals surface area contributed by atoms with Crippen molar-refractivity contribution in [2.75, 3.05) is 0 Å². The van der Waals surface area contributed by atoms with Gasteiger partial charge in [-0.05, 0) is 47.2 Å². The van der Waals surface area contributed by atoms with Crippen LogP contribution in [-0.2, 0) is 6.42 Å². The van der Waals surface area contributed by atoms with Crippen molar-refractivity contribution in [2.45, 2.75) is 33.1 Å². The quantitative estimate of drug-likeness (QED) is 0.767. The summed E-state index contributed by atoms with van der Waals surface area (Å²) in [5.74, 6) is 0.628. The highest BCUT2D eigenvalue weighted by atomic mass is 15.5. The lowest BCUT2D eigenvalue weighted by Crippen LogP contribution is -1.92. The molecule has 2 aromatic carbocycles. The first-order valence-corrected chi connectivity index (χ1v) is 7.72. The second-order valence-electron chi connectivity index (χ2n) is 5.53. The maximum atomic E-state index is 4.11. The summed E-state index contributed by atoms with van der Waals surface area (Å²) in [6.07, 6.45) is 3.61. The third kappa shape index (κ3) is 2.91. The first kappa shape index (κ1) is 14.4. The molecule has 0 aliphatic heterocycles. The highest BCUT2D eigenvalue weighted by Gasteiger charge is 2.11. The Morgan fingerprint density at radius 2 is 1.86 bits per heavy atom. The minimum Gasteiger partial charge on any atom is -0.177 e. The van der Waals surface area contributed by atoms with Crippen LogP contribution in [0.3, 0.4) is 0 Å². The normalized spacial score (nSPS) is 10.8. The van der Waals surface area contributed by atoms with Gasteiger partial charge in [-0.15, -0.1) is 10.2 Å². The molecule has 0 aliphatic rings. The van der Waals surface area contributed by atoms with E-state index in [0.29, 0.717) is 5.82 Å². The molecule has 0 unspecified atom stereocenters. The molecule has 0 saturated heterocycles. The Kier molecular flexibility index (Phi) is 4.28. The second kappa shape index (κ2) is 6.52. The predicted molar refractivity (Wildman–Crippen MR) is 88.4 cm³/mol. The standard InChI is InChI=1S/C18H20N4/c1-3-4-7-14-10-11-15(12-13(14)2)16-8-5-6-9-17(16)18-19-21-22-20-18/h5-6,8-12H,3-4,7H2,1-2H3,(H,19,20,21,22). The first-order chi connectivity index (χ1) is 10.8. The lowest BCUT2D eigenvalue weighted by atomic mass is 9.94. The second-order valence-corrected chi connectivity index (χ2v) is 5.53. The van der Waals surface area contributed by atoms with E-state index in [1.54, 1.807) is 0 Å². The lowest BCUT2D eigenvalue weighted by Gasteiger charge is -2.11. The molecule has 0 bridgehead atoms. The molecule has 0 fully saturated rings. The van der Waals surface area contributed by atoms with Crippen LogP contribution in [-0.4, -0.2) is 20.6 Å². The fraction of sp³-hybridized carbons (Fsp3) is 0.278. The summed E-state index contributed by atoms with van der Waals surface area (Å²) < 4.78 is 0. The van der Waals surface area contributed by atoms with Gasteiger partial charge in [0.05, 0.1) is 0 Å². The highest BCUT2D eigenvalue weighted by molar-refractivity contribution is 5.80. The van der Waals surface area contributed by atoms with E-state index < -0.39 is 0 Å². The van der Waals surface area contributed by atoms with Gasteiger partial charge in [-0.2, -0.15) is 5.21 Å². The molecule has 3 aromatic rings. The SMILES string of the molecule is CCCCc1ccc(-c2ccccc2-c2nn[nH]n2)cc1C. The molecular formula is C18H20N4. The number of benzene rings is 2. The van der Waals surface area contributed by atoms with Gasteiger partial charge in [0.15, 0.2) is 0 Å². The van der Waals surface area contributed by atoms with E-state index in [4.69, 9.17) is 0 Å². The molecule has 0 amide bonds. The molecule has 0 radical (unpaired) electrons. The number of nitrogens with one attached hydrogen (secondary N) is 1. The van der Waals surface area contributed by atoms with Crippen LogP contribution in [0.5, 0.6) is 0 Å². The van der Waals surface area contributed by atoms with E-state index >= 15 is 0 Å². The fourth-order valence-electron chi connectivity index (χ4n) is 2.72. The molecule has 1 heterocycles. The molecule has 0 atom stereocenters. The maximum Gasteiger partial charge on any atom is 0.205 e. The summed E-state index contributed by atoms with van der Waals surface area (Å²) in [6.45, 7) is 4.41. The summed E-state index contributed by atoms with van der Waals surface area (Å²) in [7, 11) is 0. The molecule has 4 nitrogen and oxygen atoms in total. The van der Waals surface area contributed by atoms with E-state index in [9.17, 15) is 0 Å². The summed E-state index contributed by atoms with van der Waals surface area (Å²) in [6, 6.07) is 14.9. The predicted octanol–water partition coefficient (Wildman–Crippen LogP) is 4.18. The van der Waals surface area contributed by atoms with Gasteiger partial charge in [0.1, 0.15) is 0 Å². The smallest absolute Gasteiger partial charge is 0.177 e. The molecule has 0 spiro atoms. The van der Waals surface area contributed by atoms with E-state index in [-0.39, 0.29) is 0 Å². The van der Waals surface area contributed by atoms with Gasteiger partial charge < -0.3 is 0 Å². The van der Waals surface area contributed by atoms with Crippen LogP contribution in [0.2, 0.25) is 0 Å². The molecule has 22 heavy (non-hydrogen) atoms. The number of aromatic nitrogens is 4. The Morgan fingerprint density at radius 3 is 2.55 bits per heavy atom. The van der Waals surface area contributed by atoms with Crippen molar-refractivity contribution >= 4 is 0 Å². The maximum absolute atomic E-state index is 4.11. The van der Waals surface area contributed by atoms with Crippen molar-refractivity contribution in [3.63, 3.8) is 0 Å². The number of hydrogen-bond donors (Lipinski definition) is 1. The molecule has 4 heteroatoms. The molecular weight excluding hydrogens is 272 g/mol. The van der Waals surface area contributed by atoms with Crippen molar-refractivity contribution in [3.05, 3.63) is 53.6 Å². The number of hydrogen-bond acceptors (Lipinski definition) is 3. The summed E-state index contributed by atoms with van der Waals surface area (Å²) in [5, 5.41) is 14.4. The van der Waals surface area contributed by atoms with Crippen LogP contribution in [0.4, 0.5) is 0 Å². The van der Waals surface area contributed by atoms with Gasteiger partial charge >= 0.3 is 0 Å². The van der Waals surface area contributed by atoms with E-state index in [1.165, 1.54) is 29.5 Å². The number of unbranched alkanes of at least 4 members (excludes halogenated alkanes) is 1. The van der Waals surface area contributed by atoms with Crippen LogP contribution >= 0.6 is 0 Å². The Balaban J connectivity index is 2.00. The van der Waals surface area contributed by atoms with E-state index in [2.05, 4.69) is 58.7 Å². The molecule has 112 valence electrons. The monoisotopic (exact) mass is 292 g/mol. The Hall–Kier alpha value is -2.49. The van der Waals surface area contributed by atoms with Crippen LogP contribution in [0.25, 0.3) is 22.5 Å². The first-order valence-electron chi connectivity index (χ1n) is 7.72. The van der Waals surface area contributed by atoms with Crippen molar-refractivity contribution in [1.29, 1.82) is 0 Å². The zero-order valence-electron chi connectivity index (χ0n) is 13.0. The third-order valence-corrected chi connectivity index (χ3v) is 3.97. The topological polar surface area (TPSA) is 54.5 Å². The molecule has 1 aromatic heterocycles. The van der Waals surface area contributed by atoms with Crippen molar-refractivity contribution in [1.82, 2.24) is 20.6 Å². The number of nitrogens with zero attached hydrogens (tertiary/aromatic N) is 3. The number of rotatable bonds is 5. The fourth-order valence-corrected chi connectivity index (χ4v) is 2.72. The Bertz CT molecular complexity index is 748. The van der Waals surface area contributed by atoms with Gasteiger partial charge in [0.25, 0.3) is 0 Å². The zero-order chi connectivity index (χ0) is 15.4. The van der Waals surface area contributed by atoms with Crippen LogP contribution in [0, 0.1) is 6.92 Å². The largest absolute Gasteiger partial charge is 0.205 e. The van der Waals surface area contributed by atoms with Gasteiger partial charge in [0, 0.05) is 5.56 Å². The van der Waals surface area contributed by atoms with Crippen LogP contribution < -0.4 is 0 Å². The lowest BCUT2D eigenvalue weighted by molar-refractivity contribution is 0.791. The van der Waals surface area contributed by atoms with Crippen molar-refractivity contribution < 1.29 is 0 Å². The van der Waals surface area contributed by atoms with Crippen molar-refractivity contribution in [3.8, 4) is 22.5 Å². The number of H-pyrrole nitrogens is 1. The van der Waals surface area contributed by atoms with Gasteiger partial charge in [-0.3, -0.25) is 0 Å². The molecule has 0 aliphatic carbocycles. The third-order valence-electron chi connectivity index (χ3n) is 3.97. The average molecular weight is 292 g/mol. The highest BCUT2D eigenvalue weighted by Crippen LogP contribution is 2.31. The molecule has 1 N–H and O–H groups in total. The summed E-state index contributed by atoms with van der Waals surface area (Å²) in [4.78, 5) is 0. The zero-order valence-corrected chi connectivity index (χ0v) is 13.0. The number of aromatic amines is 1. The Labute approximate surface area is 130 Å². The molecule has 3 rings (SSSR count). The van der Waals surface area contributed by atoms with E-state index in [1.807, 2.05) is 18.2 Å². The van der Waals surface area contributed by atoms with Crippen molar-refractivity contribution in [2.24, 2.45) is 0 Å². The average Bonchev–Trinajstić information content (AvgIpc) is 3.08. The summed E-state index contributed by atoms with van der Waals surface area (Å²) >= 11 is 0. The minimum atomic E-state index is 0.628. The van der Waals surface area contributed by atoms with Gasteiger partial charge in [-0.25, -0.2) is 0 Å². The number of aryl methyl sites for hydroxylation is 2. The van der Waals surface area contributed by atoms with Crippen LogP contribution in [0.1, 0.15) is 30.9 Å². The minimum absolute atomic E-state index is 0.628. The van der Waals surface area contributed by atoms with E-state index in [0.717, 1.165) is 17.5 Å². The van der Waals surface area contributed by atoms with Crippen LogP contribution in [0.15, 0.2) is 42.5 Å². The number of tetrazole rings is 1. The van der Waals surface area contributed by atoms with Gasteiger partial charge in [0.2, 0.25) is 5.82 Å². The van der Waals surface area contributed by atoms with Gasteiger partial charge in [-0.1, -0.05) is 55.8 Å². The molecule has 0 saturated carbocycles. The summed E-state index contributed by atoms with van der Waals surface area (Å²) in [5.41, 5.74) is 6.10. The Morgan fingerprint density at radius 1 is 1.05 bits per heavy atom.